The first kappa shape index (κ1) is 12.0. The number of hydrogen-bond donors (Lipinski definition) is 0. The molecular formula is C15H12O3. The Balaban J connectivity index is 2.64. The summed E-state index contributed by atoms with van der Waals surface area (Å²) in [6.07, 6.45) is 0. The lowest BCUT2D eigenvalue weighted by Gasteiger charge is -2.06. The van der Waals surface area contributed by atoms with Gasteiger partial charge in [-0.2, -0.15) is 0 Å². The van der Waals surface area contributed by atoms with Gasteiger partial charge in [0, 0.05) is 11.3 Å². The minimum absolute atomic E-state index is 0.565. The molecule has 0 saturated carbocycles. The minimum Gasteiger partial charge on any atom is -0.495 e. The van der Waals surface area contributed by atoms with Crippen LogP contribution in [0.5, 0.6) is 5.75 Å². The first-order valence-electron chi connectivity index (χ1n) is 5.42. The fourth-order valence-electron chi connectivity index (χ4n) is 1.72. The highest BCUT2D eigenvalue weighted by Gasteiger charge is 2.05. The Morgan fingerprint density at radius 3 is 2.61 bits per heavy atom. The molecule has 0 radical (unpaired) electrons. The molecule has 0 atom stereocenters. The zero-order valence-corrected chi connectivity index (χ0v) is 10.2. The van der Waals surface area contributed by atoms with Gasteiger partial charge in [-0.05, 0) is 11.5 Å². The van der Waals surface area contributed by atoms with E-state index in [1.807, 2.05) is 36.4 Å². The molecular weight excluding hydrogens is 228 g/mol. The molecule has 2 aromatic carbocycles. The van der Waals surface area contributed by atoms with Crippen LogP contribution in [-0.4, -0.2) is 20.2 Å². The van der Waals surface area contributed by atoms with Crippen LogP contribution >= 0.6 is 0 Å². The number of fused-ring (bicyclic) bond motifs is 1. The molecule has 0 fully saturated rings. The lowest BCUT2D eigenvalue weighted by atomic mass is 10.0. The van der Waals surface area contributed by atoms with Crippen LogP contribution in [0.15, 0.2) is 36.4 Å². The number of rotatable bonds is 1. The SMILES string of the molecule is COC(=O)C#Cc1c(OC)ccc2ccccc12. The van der Waals surface area contributed by atoms with Crippen molar-refractivity contribution in [1.29, 1.82) is 0 Å². The molecule has 0 aliphatic heterocycles. The summed E-state index contributed by atoms with van der Waals surface area (Å²) < 4.78 is 9.77. The molecule has 0 heterocycles. The molecule has 0 spiro atoms. The van der Waals surface area contributed by atoms with Crippen LogP contribution in [0.4, 0.5) is 0 Å². The van der Waals surface area contributed by atoms with E-state index in [-0.39, 0.29) is 0 Å². The van der Waals surface area contributed by atoms with E-state index >= 15 is 0 Å². The highest BCUT2D eigenvalue weighted by Crippen LogP contribution is 2.26. The van der Waals surface area contributed by atoms with E-state index in [4.69, 9.17) is 4.74 Å². The number of ether oxygens (including phenoxy) is 2. The van der Waals surface area contributed by atoms with Crippen molar-refractivity contribution in [3.8, 4) is 17.6 Å². The second-order valence-electron chi connectivity index (χ2n) is 3.61. The largest absolute Gasteiger partial charge is 0.495 e. The molecule has 3 heteroatoms. The van der Waals surface area contributed by atoms with Crippen molar-refractivity contribution in [2.45, 2.75) is 0 Å². The average molecular weight is 240 g/mol. The number of carbonyl (C=O) groups is 1. The van der Waals surface area contributed by atoms with Gasteiger partial charge in [0.05, 0.1) is 19.8 Å². The topological polar surface area (TPSA) is 35.5 Å². The van der Waals surface area contributed by atoms with E-state index in [0.29, 0.717) is 11.3 Å². The summed E-state index contributed by atoms with van der Waals surface area (Å²) in [7, 11) is 2.88. The van der Waals surface area contributed by atoms with Gasteiger partial charge in [-0.3, -0.25) is 0 Å². The normalized spacial score (nSPS) is 9.44. The fourth-order valence-corrected chi connectivity index (χ4v) is 1.72. The summed E-state index contributed by atoms with van der Waals surface area (Å²) >= 11 is 0. The van der Waals surface area contributed by atoms with Crippen molar-refractivity contribution in [1.82, 2.24) is 0 Å². The zero-order chi connectivity index (χ0) is 13.0. The van der Waals surface area contributed by atoms with Crippen molar-refractivity contribution in [2.75, 3.05) is 14.2 Å². The molecule has 0 aromatic heterocycles. The van der Waals surface area contributed by atoms with Crippen LogP contribution in [0, 0.1) is 11.8 Å². The third-order valence-electron chi connectivity index (χ3n) is 2.59. The van der Waals surface area contributed by atoms with Gasteiger partial charge in [-0.15, -0.1) is 0 Å². The smallest absolute Gasteiger partial charge is 0.384 e. The first-order valence-corrected chi connectivity index (χ1v) is 5.42. The molecule has 0 saturated heterocycles. The summed E-state index contributed by atoms with van der Waals surface area (Å²) in [5.74, 6) is 5.31. The Morgan fingerprint density at radius 2 is 1.89 bits per heavy atom. The Bertz CT molecular complexity index is 648. The predicted octanol–water partition coefficient (Wildman–Crippen LogP) is 2.37. The van der Waals surface area contributed by atoms with Crippen molar-refractivity contribution in [2.24, 2.45) is 0 Å². The van der Waals surface area contributed by atoms with E-state index in [1.165, 1.54) is 7.11 Å². The number of benzene rings is 2. The average Bonchev–Trinajstić information content (AvgIpc) is 2.44. The third-order valence-corrected chi connectivity index (χ3v) is 2.59. The maximum atomic E-state index is 11.1. The molecule has 2 aromatic rings. The summed E-state index contributed by atoms with van der Waals surface area (Å²) in [4.78, 5) is 11.1. The molecule has 0 aliphatic carbocycles. The van der Waals surface area contributed by atoms with E-state index < -0.39 is 5.97 Å². The van der Waals surface area contributed by atoms with Gasteiger partial charge in [-0.25, -0.2) is 4.79 Å². The second-order valence-corrected chi connectivity index (χ2v) is 3.61. The molecule has 0 N–H and O–H groups in total. The number of hydrogen-bond acceptors (Lipinski definition) is 3. The van der Waals surface area contributed by atoms with Crippen LogP contribution in [-0.2, 0) is 9.53 Å². The van der Waals surface area contributed by atoms with Gasteiger partial charge in [0.1, 0.15) is 5.75 Å². The predicted molar refractivity (Wildman–Crippen MR) is 69.4 cm³/mol. The van der Waals surface area contributed by atoms with E-state index in [2.05, 4.69) is 16.6 Å². The lowest BCUT2D eigenvalue weighted by Crippen LogP contribution is -1.95. The third kappa shape index (κ3) is 2.28. The molecule has 3 nitrogen and oxygen atoms in total. The number of carbonyl (C=O) groups excluding carboxylic acids is 1. The highest BCUT2D eigenvalue weighted by atomic mass is 16.5. The van der Waals surface area contributed by atoms with Crippen LogP contribution in [0.3, 0.4) is 0 Å². The van der Waals surface area contributed by atoms with Crippen LogP contribution in [0.2, 0.25) is 0 Å². The first-order chi connectivity index (χ1) is 8.76. The van der Waals surface area contributed by atoms with Crippen molar-refractivity contribution in [3.63, 3.8) is 0 Å². The highest BCUT2D eigenvalue weighted by molar-refractivity contribution is 5.94. The molecule has 0 bridgehead atoms. The Morgan fingerprint density at radius 1 is 1.11 bits per heavy atom. The van der Waals surface area contributed by atoms with Gasteiger partial charge in [0.15, 0.2) is 0 Å². The number of esters is 1. The zero-order valence-electron chi connectivity index (χ0n) is 10.2. The molecule has 2 rings (SSSR count). The summed E-state index contributed by atoms with van der Waals surface area (Å²) in [5, 5.41) is 2.00. The van der Waals surface area contributed by atoms with Crippen LogP contribution < -0.4 is 4.74 Å². The molecule has 0 unspecified atom stereocenters. The molecule has 0 amide bonds. The second kappa shape index (κ2) is 5.24. The monoisotopic (exact) mass is 240 g/mol. The van der Waals surface area contributed by atoms with Gasteiger partial charge < -0.3 is 9.47 Å². The fraction of sp³-hybridized carbons (Fsp3) is 0.133. The Kier molecular flexibility index (Phi) is 3.49. The maximum absolute atomic E-state index is 11.1. The van der Waals surface area contributed by atoms with E-state index in [0.717, 1.165) is 10.8 Å². The maximum Gasteiger partial charge on any atom is 0.384 e. The van der Waals surface area contributed by atoms with Crippen LogP contribution in [0.1, 0.15) is 5.56 Å². The van der Waals surface area contributed by atoms with Crippen molar-refractivity contribution < 1.29 is 14.3 Å². The summed E-state index contributed by atoms with van der Waals surface area (Å²) in [5.41, 5.74) is 0.695. The van der Waals surface area contributed by atoms with Gasteiger partial charge in [0.2, 0.25) is 0 Å². The standard InChI is InChI=1S/C15H12O3/c1-17-14-9-7-11-5-3-4-6-12(11)13(14)8-10-15(16)18-2/h3-7,9H,1-2H3. The molecule has 90 valence electrons. The quantitative estimate of drug-likeness (QED) is 0.567. The van der Waals surface area contributed by atoms with Crippen LogP contribution in [0.25, 0.3) is 10.8 Å². The summed E-state index contributed by atoms with van der Waals surface area (Å²) in [6.45, 7) is 0. The number of methoxy groups -OCH3 is 2. The van der Waals surface area contributed by atoms with Gasteiger partial charge >= 0.3 is 5.97 Å². The Labute approximate surface area is 105 Å². The molecule has 0 aliphatic rings. The van der Waals surface area contributed by atoms with Crippen molar-refractivity contribution in [3.05, 3.63) is 42.0 Å². The van der Waals surface area contributed by atoms with Gasteiger partial charge in [-0.1, -0.05) is 36.3 Å². The minimum atomic E-state index is -0.565. The van der Waals surface area contributed by atoms with Gasteiger partial charge in [0.25, 0.3) is 0 Å². The summed E-state index contributed by atoms with van der Waals surface area (Å²) in [6, 6.07) is 11.6. The lowest BCUT2D eigenvalue weighted by molar-refractivity contribution is -0.133. The van der Waals surface area contributed by atoms with E-state index in [9.17, 15) is 4.79 Å². The Hall–Kier alpha value is -2.47. The van der Waals surface area contributed by atoms with Crippen molar-refractivity contribution >= 4 is 16.7 Å². The van der Waals surface area contributed by atoms with E-state index in [1.54, 1.807) is 7.11 Å². The molecule has 18 heavy (non-hydrogen) atoms.